The number of carbonyl (C=O) groups is 1. The lowest BCUT2D eigenvalue weighted by atomic mass is 10.2. The summed E-state index contributed by atoms with van der Waals surface area (Å²) in [6, 6.07) is 17.1. The summed E-state index contributed by atoms with van der Waals surface area (Å²) >= 11 is 1.43. The molecule has 8 heteroatoms. The van der Waals surface area contributed by atoms with Crippen LogP contribution in [0.3, 0.4) is 0 Å². The number of nitrogens with two attached hydrogens (primary N) is 1. The Balaban J connectivity index is 1.52. The molecule has 0 unspecified atom stereocenters. The number of hydrogen-bond donors (Lipinski definition) is 1. The van der Waals surface area contributed by atoms with Crippen LogP contribution in [0, 0.1) is 0 Å². The van der Waals surface area contributed by atoms with Crippen molar-refractivity contribution in [3.63, 3.8) is 0 Å². The van der Waals surface area contributed by atoms with Crippen molar-refractivity contribution in [2.24, 2.45) is 5.73 Å². The van der Waals surface area contributed by atoms with Crippen molar-refractivity contribution in [2.45, 2.75) is 43.1 Å². The summed E-state index contributed by atoms with van der Waals surface area (Å²) in [5, 5.41) is 1.22. The van der Waals surface area contributed by atoms with Gasteiger partial charge in [0.1, 0.15) is 0 Å². The molecule has 0 aliphatic heterocycles. The lowest BCUT2D eigenvalue weighted by Gasteiger charge is -2.12. The van der Waals surface area contributed by atoms with E-state index in [2.05, 4.69) is 4.98 Å². The number of thioether (sulfide) groups is 1. The fraction of sp³-hybridized carbons (Fsp3) is 0.250. The molecule has 4 rings (SSSR count). The third kappa shape index (κ3) is 5.26. The number of benzene rings is 2. The molecule has 0 radical (unpaired) electrons. The molecule has 32 heavy (non-hydrogen) atoms. The van der Waals surface area contributed by atoms with Crippen LogP contribution in [0.5, 0.6) is 0 Å². The largest absolute Gasteiger partial charge is 0.440 e. The number of fused-ring (bicyclic) bond motifs is 1. The highest BCUT2D eigenvalue weighted by Gasteiger charge is 2.14. The van der Waals surface area contributed by atoms with Gasteiger partial charge in [0.2, 0.25) is 11.8 Å². The van der Waals surface area contributed by atoms with Gasteiger partial charge in [0, 0.05) is 18.5 Å². The molecule has 7 nitrogen and oxygen atoms in total. The number of primary amides is 1. The highest BCUT2D eigenvalue weighted by Crippen LogP contribution is 2.25. The fourth-order valence-electron chi connectivity index (χ4n) is 3.44. The van der Waals surface area contributed by atoms with Gasteiger partial charge in [0.15, 0.2) is 10.9 Å². The van der Waals surface area contributed by atoms with Gasteiger partial charge in [-0.2, -0.15) is 0 Å². The zero-order valence-electron chi connectivity index (χ0n) is 17.6. The first-order chi connectivity index (χ1) is 15.6. The fourth-order valence-corrected chi connectivity index (χ4v) is 4.32. The summed E-state index contributed by atoms with van der Waals surface area (Å²) < 4.78 is 7.60. The van der Waals surface area contributed by atoms with Crippen LogP contribution in [0.2, 0.25) is 0 Å². The molecule has 0 saturated carbocycles. The number of amides is 1. The second kappa shape index (κ2) is 10.3. The van der Waals surface area contributed by atoms with E-state index in [1.807, 2.05) is 48.5 Å². The van der Waals surface area contributed by atoms with E-state index in [0.29, 0.717) is 52.8 Å². The number of carbonyl (C=O) groups excluding carboxylic acids is 1. The Morgan fingerprint density at radius 1 is 1.03 bits per heavy atom. The number of aromatic nitrogens is 3. The van der Waals surface area contributed by atoms with Crippen LogP contribution in [0.15, 0.2) is 75.2 Å². The maximum Gasteiger partial charge on any atom is 0.262 e. The average molecular weight is 449 g/mol. The molecule has 0 bridgehead atoms. The molecule has 2 N–H and O–H groups in total. The summed E-state index contributed by atoms with van der Waals surface area (Å²) in [5.74, 6) is 1.44. The van der Waals surface area contributed by atoms with Gasteiger partial charge >= 0.3 is 0 Å². The minimum atomic E-state index is -0.299. The molecule has 0 aliphatic rings. The summed E-state index contributed by atoms with van der Waals surface area (Å²) in [6.45, 7) is 0.526. The molecule has 0 atom stereocenters. The zero-order valence-corrected chi connectivity index (χ0v) is 18.4. The maximum absolute atomic E-state index is 13.1. The molecule has 0 aliphatic carbocycles. The first-order valence-corrected chi connectivity index (χ1v) is 11.5. The van der Waals surface area contributed by atoms with Crippen molar-refractivity contribution in [1.82, 2.24) is 14.5 Å². The van der Waals surface area contributed by atoms with Crippen molar-refractivity contribution < 1.29 is 9.21 Å². The number of unbranched alkanes of at least 4 members (excludes halogenated alkanes) is 2. The van der Waals surface area contributed by atoms with E-state index >= 15 is 0 Å². The smallest absolute Gasteiger partial charge is 0.262 e. The zero-order chi connectivity index (χ0) is 22.3. The Kier molecular flexibility index (Phi) is 7.01. The molecule has 2 aromatic carbocycles. The van der Waals surface area contributed by atoms with Crippen molar-refractivity contribution in [2.75, 3.05) is 0 Å². The molecule has 2 aromatic heterocycles. The summed E-state index contributed by atoms with van der Waals surface area (Å²) in [5.41, 5.74) is 6.78. The molecule has 1 amide bonds. The Labute approximate surface area is 189 Å². The van der Waals surface area contributed by atoms with E-state index in [1.54, 1.807) is 16.8 Å². The van der Waals surface area contributed by atoms with Gasteiger partial charge in [-0.05, 0) is 25.0 Å². The van der Waals surface area contributed by atoms with Gasteiger partial charge in [-0.25, -0.2) is 9.97 Å². The SMILES string of the molecule is NC(=O)CCCCCn1c(SCc2ncc(-c3ccccc3)o2)nc2ccccc2c1=O. The van der Waals surface area contributed by atoms with Crippen molar-refractivity contribution in [1.29, 1.82) is 0 Å². The van der Waals surface area contributed by atoms with Crippen LogP contribution < -0.4 is 11.3 Å². The number of nitrogens with zero attached hydrogens (tertiary/aromatic N) is 3. The lowest BCUT2D eigenvalue weighted by Crippen LogP contribution is -2.23. The number of para-hydroxylation sites is 1. The first-order valence-electron chi connectivity index (χ1n) is 10.5. The minimum Gasteiger partial charge on any atom is -0.440 e. The summed E-state index contributed by atoms with van der Waals surface area (Å²) in [4.78, 5) is 33.2. The molecule has 0 fully saturated rings. The van der Waals surface area contributed by atoms with Gasteiger partial charge in [0.25, 0.3) is 5.56 Å². The van der Waals surface area contributed by atoms with Crippen LogP contribution in [0.4, 0.5) is 0 Å². The highest BCUT2D eigenvalue weighted by atomic mass is 32.2. The van der Waals surface area contributed by atoms with E-state index in [1.165, 1.54) is 11.8 Å². The van der Waals surface area contributed by atoms with E-state index in [4.69, 9.17) is 15.1 Å². The molecule has 164 valence electrons. The van der Waals surface area contributed by atoms with E-state index in [9.17, 15) is 9.59 Å². The van der Waals surface area contributed by atoms with Crippen molar-refractivity contribution in [3.8, 4) is 11.3 Å². The number of hydrogen-bond acceptors (Lipinski definition) is 6. The number of rotatable bonds is 10. The maximum atomic E-state index is 13.1. The summed E-state index contributed by atoms with van der Waals surface area (Å²) in [7, 11) is 0. The predicted octanol–water partition coefficient (Wildman–Crippen LogP) is 4.39. The first kappa shape index (κ1) is 21.8. The van der Waals surface area contributed by atoms with Gasteiger partial charge in [-0.1, -0.05) is 60.6 Å². The standard InChI is InChI=1S/C24H24N4O3S/c25-21(29)13-5-2-8-14-28-23(30)18-11-6-7-12-19(18)27-24(28)32-16-22-26-15-20(31-22)17-9-3-1-4-10-17/h1,3-4,6-7,9-12,15H,2,5,8,13-14,16H2,(H2,25,29). The third-order valence-electron chi connectivity index (χ3n) is 5.07. The van der Waals surface area contributed by atoms with Crippen LogP contribution in [-0.4, -0.2) is 20.4 Å². The molecule has 4 aromatic rings. The Morgan fingerprint density at radius 2 is 1.81 bits per heavy atom. The Morgan fingerprint density at radius 3 is 2.62 bits per heavy atom. The Hall–Kier alpha value is -3.39. The molecular weight excluding hydrogens is 424 g/mol. The van der Waals surface area contributed by atoms with Crippen LogP contribution >= 0.6 is 11.8 Å². The minimum absolute atomic E-state index is 0.0645. The molecule has 2 heterocycles. The predicted molar refractivity (Wildman–Crippen MR) is 125 cm³/mol. The van der Waals surface area contributed by atoms with Gasteiger partial charge in [-0.15, -0.1) is 0 Å². The van der Waals surface area contributed by atoms with Crippen LogP contribution in [0.25, 0.3) is 22.2 Å². The average Bonchev–Trinajstić information content (AvgIpc) is 3.28. The highest BCUT2D eigenvalue weighted by molar-refractivity contribution is 7.98. The van der Waals surface area contributed by atoms with Gasteiger partial charge in [-0.3, -0.25) is 14.2 Å². The summed E-state index contributed by atoms with van der Waals surface area (Å²) in [6.07, 6.45) is 4.36. The van der Waals surface area contributed by atoms with Crippen molar-refractivity contribution >= 4 is 28.6 Å². The van der Waals surface area contributed by atoms with Gasteiger partial charge < -0.3 is 10.2 Å². The normalized spacial score (nSPS) is 11.1. The van der Waals surface area contributed by atoms with Crippen molar-refractivity contribution in [3.05, 3.63) is 77.0 Å². The molecule has 0 spiro atoms. The third-order valence-corrected chi connectivity index (χ3v) is 6.03. The van der Waals surface area contributed by atoms with E-state index in [0.717, 1.165) is 18.4 Å². The quantitative estimate of drug-likeness (QED) is 0.219. The topological polar surface area (TPSA) is 104 Å². The van der Waals surface area contributed by atoms with Crippen LogP contribution in [-0.2, 0) is 17.1 Å². The second-order valence-corrected chi connectivity index (χ2v) is 8.36. The van der Waals surface area contributed by atoms with Gasteiger partial charge in [0.05, 0.1) is 22.9 Å². The molecular formula is C24H24N4O3S. The van der Waals surface area contributed by atoms with Crippen LogP contribution in [0.1, 0.15) is 31.6 Å². The molecule has 0 saturated heterocycles. The second-order valence-electron chi connectivity index (χ2n) is 7.42. The monoisotopic (exact) mass is 448 g/mol. The Bertz CT molecular complexity index is 1270. The van der Waals surface area contributed by atoms with E-state index in [-0.39, 0.29) is 11.5 Å². The van der Waals surface area contributed by atoms with E-state index < -0.39 is 0 Å². The lowest BCUT2D eigenvalue weighted by molar-refractivity contribution is -0.118. The number of oxazole rings is 1.